The Morgan fingerprint density at radius 1 is 1.21 bits per heavy atom. The lowest BCUT2D eigenvalue weighted by molar-refractivity contribution is -0.136. The van der Waals surface area contributed by atoms with E-state index in [0.29, 0.717) is 56.2 Å². The lowest BCUT2D eigenvalue weighted by Crippen LogP contribution is -2.43. The third-order valence-corrected chi connectivity index (χ3v) is 5.99. The van der Waals surface area contributed by atoms with Crippen molar-refractivity contribution in [2.75, 3.05) is 26.8 Å². The number of aromatic nitrogens is 2. The summed E-state index contributed by atoms with van der Waals surface area (Å²) in [4.78, 5) is 49.1. The number of methoxy groups -OCH3 is 1. The molecule has 1 saturated carbocycles. The minimum Gasteiger partial charge on any atom is -0.384 e. The maximum atomic E-state index is 12.7. The summed E-state index contributed by atoms with van der Waals surface area (Å²) >= 11 is 0. The molecule has 1 unspecified atom stereocenters. The van der Waals surface area contributed by atoms with E-state index in [-0.39, 0.29) is 29.3 Å². The van der Waals surface area contributed by atoms with Crippen LogP contribution >= 0.6 is 0 Å². The number of rotatable bonds is 5. The van der Waals surface area contributed by atoms with Crippen LogP contribution in [0, 0.1) is 5.92 Å². The number of H-pyrrole nitrogens is 1. The van der Waals surface area contributed by atoms with Gasteiger partial charge in [-0.1, -0.05) is 0 Å². The molecular formula is C20H28N4O4. The molecule has 3 aliphatic rings. The fraction of sp³-hybridized carbons (Fsp3) is 0.700. The second kappa shape index (κ2) is 8.03. The van der Waals surface area contributed by atoms with Gasteiger partial charge in [-0.05, 0) is 38.5 Å². The van der Waals surface area contributed by atoms with Crippen LogP contribution in [-0.4, -0.2) is 58.4 Å². The predicted octanol–water partition coefficient (Wildman–Crippen LogP) is 1.15. The van der Waals surface area contributed by atoms with Crippen LogP contribution in [0.4, 0.5) is 0 Å². The van der Waals surface area contributed by atoms with Crippen LogP contribution in [0.3, 0.4) is 0 Å². The zero-order valence-electron chi connectivity index (χ0n) is 16.4. The highest BCUT2D eigenvalue weighted by Crippen LogP contribution is 2.33. The van der Waals surface area contributed by atoms with E-state index in [4.69, 9.17) is 9.72 Å². The number of aromatic amines is 1. The van der Waals surface area contributed by atoms with E-state index in [2.05, 4.69) is 4.98 Å². The Balaban J connectivity index is 1.58. The molecule has 1 atom stereocenters. The van der Waals surface area contributed by atoms with Crippen molar-refractivity contribution in [1.29, 1.82) is 0 Å². The lowest BCUT2D eigenvalue weighted by Gasteiger charge is -2.36. The average Bonchev–Trinajstić information content (AvgIpc) is 3.56. The average molecular weight is 388 g/mol. The molecule has 0 aromatic carbocycles. The maximum Gasteiger partial charge on any atom is 0.254 e. The Bertz CT molecular complexity index is 817. The third kappa shape index (κ3) is 3.83. The van der Waals surface area contributed by atoms with Gasteiger partial charge in [-0.15, -0.1) is 0 Å². The smallest absolute Gasteiger partial charge is 0.254 e. The molecule has 0 spiro atoms. The number of nitrogens with zero attached hydrogens (tertiary/aromatic N) is 3. The Labute approximate surface area is 164 Å². The van der Waals surface area contributed by atoms with Crippen molar-refractivity contribution < 1.29 is 14.3 Å². The summed E-state index contributed by atoms with van der Waals surface area (Å²) in [7, 11) is 1.58. The summed E-state index contributed by atoms with van der Waals surface area (Å²) in [6, 6.07) is -0.217. The molecular weight excluding hydrogens is 360 g/mol. The Kier molecular flexibility index (Phi) is 5.48. The molecule has 1 aliphatic carbocycles. The van der Waals surface area contributed by atoms with Gasteiger partial charge < -0.3 is 19.5 Å². The highest BCUT2D eigenvalue weighted by Gasteiger charge is 2.36. The zero-order chi connectivity index (χ0) is 19.7. The van der Waals surface area contributed by atoms with Crippen LogP contribution in [-0.2, 0) is 27.3 Å². The molecule has 2 fully saturated rings. The van der Waals surface area contributed by atoms with E-state index in [0.717, 1.165) is 32.1 Å². The van der Waals surface area contributed by atoms with Gasteiger partial charge in [0.05, 0.1) is 31.3 Å². The first-order valence-electron chi connectivity index (χ1n) is 10.3. The van der Waals surface area contributed by atoms with Crippen molar-refractivity contribution in [2.24, 2.45) is 5.92 Å². The number of fused-ring (bicyclic) bond motifs is 1. The number of ether oxygens (including phenoxy) is 1. The minimum absolute atomic E-state index is 0.0254. The largest absolute Gasteiger partial charge is 0.384 e. The number of nitrogens with one attached hydrogen (secondary N) is 1. The van der Waals surface area contributed by atoms with E-state index >= 15 is 0 Å². The molecule has 8 nitrogen and oxygen atoms in total. The fourth-order valence-electron chi connectivity index (χ4n) is 4.24. The maximum absolute atomic E-state index is 12.7. The lowest BCUT2D eigenvalue weighted by atomic mass is 9.99. The molecule has 1 saturated heterocycles. The van der Waals surface area contributed by atoms with Gasteiger partial charge in [0.15, 0.2) is 0 Å². The molecule has 0 radical (unpaired) electrons. The summed E-state index contributed by atoms with van der Waals surface area (Å²) in [5, 5.41) is 0. The number of carbonyl (C=O) groups excluding carboxylic acids is 2. The van der Waals surface area contributed by atoms with Crippen molar-refractivity contribution >= 4 is 11.8 Å². The molecule has 2 amide bonds. The van der Waals surface area contributed by atoms with Crippen molar-refractivity contribution in [1.82, 2.24) is 19.8 Å². The van der Waals surface area contributed by atoms with Gasteiger partial charge in [0.1, 0.15) is 5.82 Å². The van der Waals surface area contributed by atoms with Crippen LogP contribution in [0.2, 0.25) is 0 Å². The van der Waals surface area contributed by atoms with Gasteiger partial charge in [0, 0.05) is 31.7 Å². The summed E-state index contributed by atoms with van der Waals surface area (Å²) in [6.07, 6.45) is 5.53. The third-order valence-electron chi connectivity index (χ3n) is 5.99. The molecule has 1 N–H and O–H groups in total. The SMILES string of the molecule is COCCC(=O)N1CCCCC1c1nc2c(c(=O)[nH]1)CCN(C(=O)C1CC1)C2. The number of amides is 2. The van der Waals surface area contributed by atoms with Gasteiger partial charge >= 0.3 is 0 Å². The van der Waals surface area contributed by atoms with Gasteiger partial charge in [-0.25, -0.2) is 4.98 Å². The van der Waals surface area contributed by atoms with Gasteiger partial charge in [0.25, 0.3) is 5.56 Å². The molecule has 152 valence electrons. The first-order chi connectivity index (χ1) is 13.6. The Morgan fingerprint density at radius 3 is 2.79 bits per heavy atom. The molecule has 2 aliphatic heterocycles. The van der Waals surface area contributed by atoms with E-state index < -0.39 is 0 Å². The van der Waals surface area contributed by atoms with E-state index in [1.54, 1.807) is 7.11 Å². The van der Waals surface area contributed by atoms with Crippen molar-refractivity contribution in [3.8, 4) is 0 Å². The molecule has 0 bridgehead atoms. The second-order valence-corrected chi connectivity index (χ2v) is 8.00. The van der Waals surface area contributed by atoms with Crippen LogP contribution in [0.5, 0.6) is 0 Å². The molecule has 3 heterocycles. The zero-order valence-corrected chi connectivity index (χ0v) is 16.4. The summed E-state index contributed by atoms with van der Waals surface area (Å²) < 4.78 is 5.04. The van der Waals surface area contributed by atoms with Crippen LogP contribution in [0.25, 0.3) is 0 Å². The Morgan fingerprint density at radius 2 is 2.04 bits per heavy atom. The van der Waals surface area contributed by atoms with E-state index in [9.17, 15) is 14.4 Å². The fourth-order valence-corrected chi connectivity index (χ4v) is 4.24. The van der Waals surface area contributed by atoms with Crippen LogP contribution < -0.4 is 5.56 Å². The normalized spacial score (nSPS) is 22.1. The molecule has 8 heteroatoms. The standard InChI is InChI=1S/C20H28N4O4/c1-28-11-8-17(25)24-9-3-2-4-16(24)18-21-15-12-23(20(27)13-5-6-13)10-7-14(15)19(26)22-18/h13,16H,2-12H2,1H3,(H,21,22,26). The number of hydrogen-bond acceptors (Lipinski definition) is 5. The highest BCUT2D eigenvalue weighted by atomic mass is 16.5. The summed E-state index contributed by atoms with van der Waals surface area (Å²) in [5.41, 5.74) is 1.24. The molecule has 28 heavy (non-hydrogen) atoms. The molecule has 1 aromatic heterocycles. The van der Waals surface area contributed by atoms with E-state index in [1.165, 1.54) is 0 Å². The predicted molar refractivity (Wildman–Crippen MR) is 102 cm³/mol. The molecule has 1 aromatic rings. The van der Waals surface area contributed by atoms with Crippen molar-refractivity contribution in [3.63, 3.8) is 0 Å². The van der Waals surface area contributed by atoms with Crippen LogP contribution in [0.1, 0.15) is 61.6 Å². The first-order valence-corrected chi connectivity index (χ1v) is 10.3. The van der Waals surface area contributed by atoms with Gasteiger partial charge in [-0.2, -0.15) is 0 Å². The van der Waals surface area contributed by atoms with Gasteiger partial charge in [0.2, 0.25) is 11.8 Å². The Hall–Kier alpha value is -2.22. The first kappa shape index (κ1) is 19.1. The van der Waals surface area contributed by atoms with Crippen LogP contribution in [0.15, 0.2) is 4.79 Å². The monoisotopic (exact) mass is 388 g/mol. The highest BCUT2D eigenvalue weighted by molar-refractivity contribution is 5.81. The minimum atomic E-state index is -0.217. The molecule has 4 rings (SSSR count). The second-order valence-electron chi connectivity index (χ2n) is 8.00. The van der Waals surface area contributed by atoms with Crippen molar-refractivity contribution in [3.05, 3.63) is 27.4 Å². The number of likely N-dealkylation sites (tertiary alicyclic amines) is 1. The topological polar surface area (TPSA) is 95.6 Å². The van der Waals surface area contributed by atoms with E-state index in [1.807, 2.05) is 9.80 Å². The number of piperidine rings is 1. The summed E-state index contributed by atoms with van der Waals surface area (Å²) in [5.74, 6) is 0.922. The quantitative estimate of drug-likeness (QED) is 0.817. The number of carbonyl (C=O) groups is 2. The van der Waals surface area contributed by atoms with Gasteiger partial charge in [-0.3, -0.25) is 14.4 Å². The summed E-state index contributed by atoms with van der Waals surface area (Å²) in [6.45, 7) is 2.03. The number of hydrogen-bond donors (Lipinski definition) is 1. The van der Waals surface area contributed by atoms with Crippen molar-refractivity contribution in [2.45, 2.75) is 57.5 Å².